The van der Waals surface area contributed by atoms with E-state index in [1.807, 2.05) is 91.9 Å². The Labute approximate surface area is 226 Å². The maximum atomic E-state index is 13.6. The van der Waals surface area contributed by atoms with Crippen molar-refractivity contribution < 1.29 is 14.3 Å². The monoisotopic (exact) mass is 526 g/mol. The van der Waals surface area contributed by atoms with Crippen LogP contribution < -0.4 is 10.1 Å². The summed E-state index contributed by atoms with van der Waals surface area (Å²) in [5.41, 5.74) is 3.94. The van der Waals surface area contributed by atoms with Crippen molar-refractivity contribution in [3.63, 3.8) is 0 Å². The van der Waals surface area contributed by atoms with Crippen molar-refractivity contribution in [1.82, 2.24) is 14.8 Å². The summed E-state index contributed by atoms with van der Waals surface area (Å²) in [5.74, 6) is 1.76. The number of anilines is 1. The lowest BCUT2D eigenvalue weighted by Crippen LogP contribution is -2.30. The lowest BCUT2D eigenvalue weighted by Gasteiger charge is -2.29. The predicted octanol–water partition coefficient (Wildman–Crippen LogP) is 6.39. The molecule has 3 aromatic carbocycles. The number of carbonyl (C=O) groups is 1. The van der Waals surface area contributed by atoms with Crippen molar-refractivity contribution in [3.05, 3.63) is 113 Å². The molecule has 1 N–H and O–H groups in total. The van der Waals surface area contributed by atoms with E-state index in [4.69, 9.17) is 19.6 Å². The topological polar surface area (TPSA) is 78.3 Å². The molecule has 194 valence electrons. The van der Waals surface area contributed by atoms with Gasteiger partial charge in [-0.1, -0.05) is 97.5 Å². The Morgan fingerprint density at radius 3 is 2.32 bits per heavy atom. The number of rotatable bonds is 10. The van der Waals surface area contributed by atoms with Gasteiger partial charge in [0.15, 0.2) is 0 Å². The molecule has 0 radical (unpaired) electrons. The number of aromatic nitrogens is 3. The first-order valence-electron chi connectivity index (χ1n) is 12.7. The van der Waals surface area contributed by atoms with Crippen LogP contribution >= 0.6 is 11.8 Å². The Balaban J connectivity index is 1.51. The number of nitrogens with zero attached hydrogens (tertiary/aromatic N) is 3. The molecule has 0 amide bonds. The van der Waals surface area contributed by atoms with Gasteiger partial charge in [-0.3, -0.25) is 0 Å². The van der Waals surface area contributed by atoms with Gasteiger partial charge in [0.25, 0.3) is 0 Å². The van der Waals surface area contributed by atoms with E-state index in [2.05, 4.69) is 12.2 Å². The molecular weight excluding hydrogens is 496 g/mol. The van der Waals surface area contributed by atoms with E-state index in [9.17, 15) is 4.79 Å². The number of para-hydroxylation sites is 1. The smallest absolute Gasteiger partial charge is 0.338 e. The minimum absolute atomic E-state index is 0.178. The Morgan fingerprint density at radius 2 is 1.61 bits per heavy atom. The third-order valence-corrected chi connectivity index (χ3v) is 7.20. The Hall–Kier alpha value is -4.04. The average Bonchev–Trinajstić information content (AvgIpc) is 3.36. The number of benzene rings is 3. The zero-order valence-electron chi connectivity index (χ0n) is 21.5. The molecule has 1 unspecified atom stereocenters. The summed E-state index contributed by atoms with van der Waals surface area (Å²) in [6.07, 6.45) is 1.01. The molecule has 1 aliphatic rings. The number of fused-ring (bicyclic) bond motifs is 1. The van der Waals surface area contributed by atoms with Crippen molar-refractivity contribution in [2.45, 2.75) is 44.7 Å². The Morgan fingerprint density at radius 1 is 0.947 bits per heavy atom. The van der Waals surface area contributed by atoms with E-state index >= 15 is 0 Å². The number of thioether (sulfide) groups is 1. The summed E-state index contributed by atoms with van der Waals surface area (Å²) in [6, 6.07) is 26.9. The second kappa shape index (κ2) is 12.0. The minimum atomic E-state index is -0.565. The zero-order chi connectivity index (χ0) is 26.3. The van der Waals surface area contributed by atoms with Gasteiger partial charge < -0.3 is 14.8 Å². The second-order valence-electron chi connectivity index (χ2n) is 8.95. The number of esters is 1. The molecule has 2 heterocycles. The van der Waals surface area contributed by atoms with Crippen molar-refractivity contribution in [2.24, 2.45) is 0 Å². The van der Waals surface area contributed by atoms with E-state index in [1.54, 1.807) is 16.4 Å². The van der Waals surface area contributed by atoms with Crippen LogP contribution in [0.4, 0.5) is 5.95 Å². The number of allylic oxidation sites excluding steroid dienone is 1. The van der Waals surface area contributed by atoms with Crippen molar-refractivity contribution in [1.29, 1.82) is 0 Å². The molecule has 7 nitrogen and oxygen atoms in total. The lowest BCUT2D eigenvalue weighted by atomic mass is 9.95. The highest BCUT2D eigenvalue weighted by Crippen LogP contribution is 2.40. The number of hydrogen-bond acceptors (Lipinski definition) is 7. The van der Waals surface area contributed by atoms with E-state index in [0.717, 1.165) is 28.9 Å². The molecule has 1 atom stereocenters. The van der Waals surface area contributed by atoms with Crippen LogP contribution in [0.25, 0.3) is 0 Å². The summed E-state index contributed by atoms with van der Waals surface area (Å²) in [4.78, 5) is 18.3. The summed E-state index contributed by atoms with van der Waals surface area (Å²) in [6.45, 7) is 4.58. The van der Waals surface area contributed by atoms with E-state index < -0.39 is 12.0 Å². The Kier molecular flexibility index (Phi) is 8.09. The van der Waals surface area contributed by atoms with E-state index in [1.165, 1.54) is 0 Å². The van der Waals surface area contributed by atoms with Crippen LogP contribution in [-0.2, 0) is 22.7 Å². The molecule has 0 saturated carbocycles. The molecule has 1 aliphatic heterocycles. The van der Waals surface area contributed by atoms with Crippen LogP contribution in [0.3, 0.4) is 0 Å². The van der Waals surface area contributed by atoms with Gasteiger partial charge in [0.05, 0.1) is 5.57 Å². The minimum Gasteiger partial charge on any atom is -0.489 e. The van der Waals surface area contributed by atoms with Gasteiger partial charge in [0.1, 0.15) is 25.0 Å². The average molecular weight is 527 g/mol. The molecule has 0 spiro atoms. The fraction of sp³-hybridized carbons (Fsp3) is 0.233. The lowest BCUT2D eigenvalue weighted by molar-refractivity contribution is -0.140. The van der Waals surface area contributed by atoms with Crippen molar-refractivity contribution in [2.75, 3.05) is 11.1 Å². The van der Waals surface area contributed by atoms with Crippen molar-refractivity contribution in [3.8, 4) is 5.75 Å². The van der Waals surface area contributed by atoms with Crippen LogP contribution in [0, 0.1) is 0 Å². The normalized spacial score (nSPS) is 14.5. The van der Waals surface area contributed by atoms with Crippen LogP contribution in [0.5, 0.6) is 5.75 Å². The van der Waals surface area contributed by atoms with Gasteiger partial charge in [-0.05, 0) is 30.5 Å². The maximum Gasteiger partial charge on any atom is 0.338 e. The SMILES string of the molecule is CCCSc1nc2n(n1)C(c1ccccc1OCc1ccccc1)C(C(=O)OCc1ccccc1)=C(C)N2. The van der Waals surface area contributed by atoms with E-state index in [0.29, 0.717) is 34.7 Å². The largest absolute Gasteiger partial charge is 0.489 e. The highest BCUT2D eigenvalue weighted by molar-refractivity contribution is 7.99. The number of ether oxygens (including phenoxy) is 2. The number of carbonyl (C=O) groups excluding carboxylic acids is 1. The fourth-order valence-corrected chi connectivity index (χ4v) is 5.00. The second-order valence-corrected chi connectivity index (χ2v) is 10.0. The van der Waals surface area contributed by atoms with Crippen LogP contribution in [-0.4, -0.2) is 26.5 Å². The standard InChI is InChI=1S/C30H30N4O3S/c1-3-18-38-30-32-29-31-21(2)26(28(35)37-20-23-14-8-5-9-15-23)27(34(29)33-30)24-16-10-11-17-25(24)36-19-22-12-6-4-7-13-22/h4-17,27H,3,18-20H2,1-2H3,(H,31,32,33). The molecular formula is C30H30N4O3S. The first-order valence-corrected chi connectivity index (χ1v) is 13.7. The van der Waals surface area contributed by atoms with Gasteiger partial charge in [0, 0.05) is 17.0 Å². The quantitative estimate of drug-likeness (QED) is 0.189. The fourth-order valence-electron chi connectivity index (χ4n) is 4.31. The number of nitrogens with one attached hydrogen (secondary N) is 1. The summed E-state index contributed by atoms with van der Waals surface area (Å²) in [5, 5.41) is 8.74. The van der Waals surface area contributed by atoms with Gasteiger partial charge in [-0.15, -0.1) is 5.10 Å². The first-order chi connectivity index (χ1) is 18.6. The third-order valence-electron chi connectivity index (χ3n) is 6.15. The summed E-state index contributed by atoms with van der Waals surface area (Å²) < 4.78 is 13.9. The molecule has 4 aromatic rings. The zero-order valence-corrected chi connectivity index (χ0v) is 22.3. The van der Waals surface area contributed by atoms with Gasteiger partial charge >= 0.3 is 5.97 Å². The molecule has 8 heteroatoms. The molecule has 1 aromatic heterocycles. The van der Waals surface area contributed by atoms with Gasteiger partial charge in [-0.25, -0.2) is 9.48 Å². The first kappa shape index (κ1) is 25.6. The third kappa shape index (κ3) is 5.75. The van der Waals surface area contributed by atoms with E-state index in [-0.39, 0.29) is 6.61 Å². The molecule has 0 saturated heterocycles. The highest BCUT2D eigenvalue weighted by Gasteiger charge is 2.37. The molecule has 0 aliphatic carbocycles. The van der Waals surface area contributed by atoms with Gasteiger partial charge in [0.2, 0.25) is 11.1 Å². The van der Waals surface area contributed by atoms with Crippen molar-refractivity contribution >= 4 is 23.7 Å². The maximum absolute atomic E-state index is 13.6. The molecule has 0 fully saturated rings. The van der Waals surface area contributed by atoms with Crippen LogP contribution in [0.15, 0.2) is 101 Å². The van der Waals surface area contributed by atoms with Gasteiger partial charge in [-0.2, -0.15) is 4.98 Å². The molecule has 0 bridgehead atoms. The molecule has 38 heavy (non-hydrogen) atoms. The summed E-state index contributed by atoms with van der Waals surface area (Å²) >= 11 is 1.59. The van der Waals surface area contributed by atoms with Crippen LogP contribution in [0.1, 0.15) is 43.0 Å². The highest BCUT2D eigenvalue weighted by atomic mass is 32.2. The Bertz CT molecular complexity index is 1420. The number of hydrogen-bond donors (Lipinski definition) is 1. The van der Waals surface area contributed by atoms with Crippen LogP contribution in [0.2, 0.25) is 0 Å². The molecule has 5 rings (SSSR count). The predicted molar refractivity (Wildman–Crippen MR) is 149 cm³/mol. The summed E-state index contributed by atoms with van der Waals surface area (Å²) in [7, 11) is 0.